The first-order chi connectivity index (χ1) is 8.76. The first-order valence-corrected chi connectivity index (χ1v) is 6.35. The molecule has 1 aliphatic rings. The summed E-state index contributed by atoms with van der Waals surface area (Å²) in [4.78, 5) is 11.1. The van der Waals surface area contributed by atoms with Gasteiger partial charge in [0.25, 0.3) is 0 Å². The zero-order valence-corrected chi connectivity index (χ0v) is 10.5. The van der Waals surface area contributed by atoms with Crippen LogP contribution in [-0.2, 0) is 6.54 Å². The van der Waals surface area contributed by atoms with E-state index in [1.54, 1.807) is 0 Å². The number of rotatable bonds is 4. The lowest BCUT2D eigenvalue weighted by Gasteiger charge is -2.03. The van der Waals surface area contributed by atoms with Crippen molar-refractivity contribution in [2.75, 3.05) is 0 Å². The van der Waals surface area contributed by atoms with Crippen molar-refractivity contribution in [1.29, 1.82) is 0 Å². The first kappa shape index (κ1) is 11.2. The van der Waals surface area contributed by atoms with Gasteiger partial charge in [0.05, 0.1) is 6.20 Å². The van der Waals surface area contributed by atoms with Crippen LogP contribution in [0.4, 0.5) is 0 Å². The highest BCUT2D eigenvalue weighted by Gasteiger charge is 2.22. The van der Waals surface area contributed by atoms with Gasteiger partial charge in [-0.1, -0.05) is 23.8 Å². The minimum absolute atomic E-state index is 0.728. The van der Waals surface area contributed by atoms with Gasteiger partial charge < -0.3 is 0 Å². The second-order valence-corrected chi connectivity index (χ2v) is 5.10. The Bertz CT molecular complexity index is 582. The molecule has 1 heterocycles. The molecule has 0 unspecified atom stereocenters. The fraction of sp³-hybridized carbons (Fsp3) is 0.333. The summed E-state index contributed by atoms with van der Waals surface area (Å²) in [7, 11) is 0. The maximum Gasteiger partial charge on any atom is 0.150 e. The second kappa shape index (κ2) is 4.41. The molecule has 0 radical (unpaired) electrons. The van der Waals surface area contributed by atoms with E-state index >= 15 is 0 Å². The minimum atomic E-state index is 0.728. The van der Waals surface area contributed by atoms with Crippen LogP contribution in [0.25, 0.3) is 11.1 Å². The molecule has 1 aliphatic carbocycles. The van der Waals surface area contributed by atoms with E-state index in [4.69, 9.17) is 0 Å². The van der Waals surface area contributed by atoms with Crippen LogP contribution in [0.5, 0.6) is 0 Å². The monoisotopic (exact) mass is 240 g/mol. The summed E-state index contributed by atoms with van der Waals surface area (Å²) in [5.74, 6) is 0.806. The number of nitrogens with zero attached hydrogens (tertiary/aromatic N) is 2. The van der Waals surface area contributed by atoms with Crippen molar-refractivity contribution in [3.8, 4) is 11.1 Å². The van der Waals surface area contributed by atoms with Crippen LogP contribution in [-0.4, -0.2) is 16.1 Å². The summed E-state index contributed by atoms with van der Waals surface area (Å²) < 4.78 is 1.99. The van der Waals surface area contributed by atoms with Crippen LogP contribution < -0.4 is 0 Å². The summed E-state index contributed by atoms with van der Waals surface area (Å²) >= 11 is 0. The van der Waals surface area contributed by atoms with E-state index in [2.05, 4.69) is 5.10 Å². The summed E-state index contributed by atoms with van der Waals surface area (Å²) in [5, 5.41) is 4.38. The van der Waals surface area contributed by atoms with Crippen LogP contribution in [0.1, 0.15) is 28.8 Å². The zero-order chi connectivity index (χ0) is 12.5. The number of hydrogen-bond donors (Lipinski definition) is 0. The molecule has 0 spiro atoms. The summed E-state index contributed by atoms with van der Waals surface area (Å²) in [6.45, 7) is 3.04. The average molecular weight is 240 g/mol. The van der Waals surface area contributed by atoms with Crippen LogP contribution in [0.3, 0.4) is 0 Å². The lowest BCUT2D eigenvalue weighted by Crippen LogP contribution is -1.99. The van der Waals surface area contributed by atoms with Crippen molar-refractivity contribution in [1.82, 2.24) is 9.78 Å². The molecular weight excluding hydrogens is 224 g/mol. The van der Waals surface area contributed by atoms with Gasteiger partial charge in [-0.2, -0.15) is 5.10 Å². The van der Waals surface area contributed by atoms with Crippen LogP contribution >= 0.6 is 0 Å². The van der Waals surface area contributed by atoms with E-state index in [0.29, 0.717) is 0 Å². The standard InChI is InChI=1S/C15H16N2O/c1-11-2-5-13(10-18)15(6-11)14-7-16-17(9-14)8-12-3-4-12/h2,5-7,9-10,12H,3-4,8H2,1H3. The quantitative estimate of drug-likeness (QED) is 0.770. The number of hydrogen-bond acceptors (Lipinski definition) is 2. The largest absolute Gasteiger partial charge is 0.298 e. The van der Waals surface area contributed by atoms with Crippen molar-refractivity contribution < 1.29 is 4.79 Å². The Morgan fingerprint density at radius 2 is 2.28 bits per heavy atom. The van der Waals surface area contributed by atoms with Gasteiger partial charge in [0.15, 0.2) is 6.29 Å². The van der Waals surface area contributed by atoms with Gasteiger partial charge in [-0.05, 0) is 31.2 Å². The molecule has 18 heavy (non-hydrogen) atoms. The fourth-order valence-electron chi connectivity index (χ4n) is 2.19. The number of benzene rings is 1. The Kier molecular flexibility index (Phi) is 2.74. The van der Waals surface area contributed by atoms with Gasteiger partial charge in [0.1, 0.15) is 0 Å². The number of aldehydes is 1. The van der Waals surface area contributed by atoms with E-state index in [0.717, 1.165) is 41.0 Å². The Labute approximate surface area is 106 Å². The van der Waals surface area contributed by atoms with Gasteiger partial charge in [0, 0.05) is 23.9 Å². The molecule has 0 N–H and O–H groups in total. The minimum Gasteiger partial charge on any atom is -0.298 e. The highest BCUT2D eigenvalue weighted by molar-refractivity contribution is 5.87. The number of carbonyl (C=O) groups is 1. The van der Waals surface area contributed by atoms with E-state index < -0.39 is 0 Å². The Morgan fingerprint density at radius 1 is 1.44 bits per heavy atom. The Hall–Kier alpha value is -1.90. The SMILES string of the molecule is Cc1ccc(C=O)c(-c2cnn(CC3CC3)c2)c1. The smallest absolute Gasteiger partial charge is 0.150 e. The number of carbonyl (C=O) groups excluding carboxylic acids is 1. The average Bonchev–Trinajstić information content (AvgIpc) is 3.05. The molecule has 3 nitrogen and oxygen atoms in total. The van der Waals surface area contributed by atoms with Crippen LogP contribution in [0.15, 0.2) is 30.6 Å². The highest BCUT2D eigenvalue weighted by Crippen LogP contribution is 2.31. The Morgan fingerprint density at radius 3 is 3.00 bits per heavy atom. The summed E-state index contributed by atoms with van der Waals surface area (Å²) in [6.07, 6.45) is 7.44. The molecule has 3 heteroatoms. The lowest BCUT2D eigenvalue weighted by molar-refractivity contribution is 0.112. The van der Waals surface area contributed by atoms with Crippen molar-refractivity contribution in [3.63, 3.8) is 0 Å². The summed E-state index contributed by atoms with van der Waals surface area (Å²) in [5.41, 5.74) is 3.89. The molecule has 0 saturated heterocycles. The molecule has 1 fully saturated rings. The number of aryl methyl sites for hydroxylation is 1. The van der Waals surface area contributed by atoms with Gasteiger partial charge in [0.2, 0.25) is 0 Å². The third kappa shape index (κ3) is 2.21. The topological polar surface area (TPSA) is 34.9 Å². The normalized spacial score (nSPS) is 14.7. The molecule has 0 atom stereocenters. The first-order valence-electron chi connectivity index (χ1n) is 6.35. The van der Waals surface area contributed by atoms with Gasteiger partial charge in [-0.15, -0.1) is 0 Å². The molecule has 0 bridgehead atoms. The van der Waals surface area contributed by atoms with Crippen molar-refractivity contribution in [2.24, 2.45) is 5.92 Å². The predicted molar refractivity (Wildman–Crippen MR) is 70.5 cm³/mol. The van der Waals surface area contributed by atoms with E-state index in [1.165, 1.54) is 12.8 Å². The molecular formula is C15H16N2O. The maximum atomic E-state index is 11.1. The van der Waals surface area contributed by atoms with E-state index in [1.807, 2.05) is 42.2 Å². The van der Waals surface area contributed by atoms with Gasteiger partial charge in [-0.3, -0.25) is 9.48 Å². The molecule has 1 aromatic heterocycles. The third-order valence-electron chi connectivity index (χ3n) is 3.42. The number of aromatic nitrogens is 2. The van der Waals surface area contributed by atoms with Gasteiger partial charge in [-0.25, -0.2) is 0 Å². The zero-order valence-electron chi connectivity index (χ0n) is 10.5. The van der Waals surface area contributed by atoms with Crippen molar-refractivity contribution in [2.45, 2.75) is 26.3 Å². The maximum absolute atomic E-state index is 11.1. The second-order valence-electron chi connectivity index (χ2n) is 5.10. The molecule has 1 saturated carbocycles. The third-order valence-corrected chi connectivity index (χ3v) is 3.42. The molecule has 1 aromatic carbocycles. The van der Waals surface area contributed by atoms with Gasteiger partial charge >= 0.3 is 0 Å². The summed E-state index contributed by atoms with van der Waals surface area (Å²) in [6, 6.07) is 5.87. The fourth-order valence-corrected chi connectivity index (χ4v) is 2.19. The van der Waals surface area contributed by atoms with Crippen LogP contribution in [0, 0.1) is 12.8 Å². The molecule has 3 rings (SSSR count). The van der Waals surface area contributed by atoms with Crippen LogP contribution in [0.2, 0.25) is 0 Å². The van der Waals surface area contributed by atoms with Crippen molar-refractivity contribution in [3.05, 3.63) is 41.7 Å². The molecule has 0 amide bonds. The van der Waals surface area contributed by atoms with E-state index in [-0.39, 0.29) is 0 Å². The predicted octanol–water partition coefficient (Wildman–Crippen LogP) is 3.08. The molecule has 0 aliphatic heterocycles. The van der Waals surface area contributed by atoms with E-state index in [9.17, 15) is 4.79 Å². The molecule has 2 aromatic rings. The Balaban J connectivity index is 1.94. The molecule has 92 valence electrons. The lowest BCUT2D eigenvalue weighted by atomic mass is 10.0. The highest BCUT2D eigenvalue weighted by atomic mass is 16.1. The van der Waals surface area contributed by atoms with Crippen molar-refractivity contribution >= 4 is 6.29 Å².